The number of aliphatic carboxylic acids is 1. The summed E-state index contributed by atoms with van der Waals surface area (Å²) in [5, 5.41) is 8.48. The molecule has 0 saturated carbocycles. The molecule has 0 saturated heterocycles. The fraction of sp³-hybridized carbons (Fsp3) is 0.500. The van der Waals surface area contributed by atoms with Crippen molar-refractivity contribution in [2.45, 2.75) is 45.8 Å². The van der Waals surface area contributed by atoms with Gasteiger partial charge in [-0.2, -0.15) is 0 Å². The van der Waals surface area contributed by atoms with Crippen molar-refractivity contribution in [1.29, 1.82) is 0 Å². The molecule has 0 aliphatic rings. The zero-order chi connectivity index (χ0) is 18.7. The van der Waals surface area contributed by atoms with Gasteiger partial charge in [0.1, 0.15) is 0 Å². The molecule has 1 N–H and O–H groups in total. The first-order chi connectivity index (χ1) is 11.1. The largest absolute Gasteiger partial charge is 0.481 e. The average Bonchev–Trinajstić information content (AvgIpc) is 2.48. The topological polar surface area (TPSA) is 116 Å². The maximum Gasteiger partial charge on any atom is 0.336 e. The van der Waals surface area contributed by atoms with Gasteiger partial charge in [0, 0.05) is 24.0 Å². The fourth-order valence-corrected chi connectivity index (χ4v) is 1.31. The monoisotopic (exact) mass is 342 g/mol. The molecule has 0 fully saturated rings. The Morgan fingerprint density at radius 3 is 1.79 bits per heavy atom. The van der Waals surface area contributed by atoms with Crippen molar-refractivity contribution in [3.63, 3.8) is 0 Å². The standard InChI is InChI=1S/C16H22O8/c1-10(2)15(20)23-14(24-16(21)11(3)4)9-22-13(19)8-6-5-7-12(17)18/h14H,1,3,5-9H2,2,4H3,(H,17,18). The second-order valence-electron chi connectivity index (χ2n) is 5.08. The van der Waals surface area contributed by atoms with Gasteiger partial charge in [-0.1, -0.05) is 13.2 Å². The van der Waals surface area contributed by atoms with Gasteiger partial charge in [-0.3, -0.25) is 9.59 Å². The highest BCUT2D eigenvalue weighted by atomic mass is 16.7. The first-order valence-corrected chi connectivity index (χ1v) is 7.24. The van der Waals surface area contributed by atoms with Crippen LogP contribution in [0, 0.1) is 0 Å². The van der Waals surface area contributed by atoms with Gasteiger partial charge in [-0.05, 0) is 26.7 Å². The number of hydrogen-bond acceptors (Lipinski definition) is 7. The summed E-state index contributed by atoms with van der Waals surface area (Å²) >= 11 is 0. The van der Waals surface area contributed by atoms with E-state index in [4.69, 9.17) is 19.3 Å². The summed E-state index contributed by atoms with van der Waals surface area (Å²) in [4.78, 5) is 44.9. The lowest BCUT2D eigenvalue weighted by atomic mass is 10.2. The minimum absolute atomic E-state index is 0.00284. The van der Waals surface area contributed by atoms with E-state index in [1.807, 2.05) is 0 Å². The van der Waals surface area contributed by atoms with E-state index in [0.29, 0.717) is 12.8 Å². The molecule has 0 aliphatic carbocycles. The molecule has 8 nitrogen and oxygen atoms in total. The maximum atomic E-state index is 11.5. The normalized spacial score (nSPS) is 9.96. The molecule has 0 aromatic carbocycles. The van der Waals surface area contributed by atoms with Gasteiger partial charge >= 0.3 is 23.9 Å². The Morgan fingerprint density at radius 1 is 0.917 bits per heavy atom. The molecule has 0 bridgehead atoms. The van der Waals surface area contributed by atoms with E-state index in [9.17, 15) is 19.2 Å². The lowest BCUT2D eigenvalue weighted by Gasteiger charge is -2.18. The molecular weight excluding hydrogens is 320 g/mol. The number of esters is 3. The zero-order valence-corrected chi connectivity index (χ0v) is 13.8. The SMILES string of the molecule is C=C(C)C(=O)OC(COC(=O)CCCCC(=O)O)OC(=O)C(=C)C. The quantitative estimate of drug-likeness (QED) is 0.261. The molecular formula is C16H22O8. The first-order valence-electron chi connectivity index (χ1n) is 7.24. The van der Waals surface area contributed by atoms with Gasteiger partial charge in [-0.15, -0.1) is 0 Å². The minimum Gasteiger partial charge on any atom is -0.481 e. The van der Waals surface area contributed by atoms with E-state index in [1.54, 1.807) is 0 Å². The molecule has 0 aromatic heterocycles. The molecule has 0 aliphatic heterocycles. The molecule has 134 valence electrons. The van der Waals surface area contributed by atoms with Crippen molar-refractivity contribution in [3.05, 3.63) is 24.3 Å². The number of carbonyl (C=O) groups excluding carboxylic acids is 3. The number of carbonyl (C=O) groups is 4. The molecule has 0 aromatic rings. The summed E-state index contributed by atoms with van der Waals surface area (Å²) < 4.78 is 14.6. The van der Waals surface area contributed by atoms with Crippen LogP contribution in [0.1, 0.15) is 39.5 Å². The van der Waals surface area contributed by atoms with Gasteiger partial charge in [0.25, 0.3) is 6.29 Å². The van der Waals surface area contributed by atoms with Crippen LogP contribution in [0.3, 0.4) is 0 Å². The van der Waals surface area contributed by atoms with Crippen LogP contribution >= 0.6 is 0 Å². The third-order valence-corrected chi connectivity index (χ3v) is 2.58. The van der Waals surface area contributed by atoms with Crippen molar-refractivity contribution >= 4 is 23.9 Å². The summed E-state index contributed by atoms with van der Waals surface area (Å²) in [7, 11) is 0. The van der Waals surface area contributed by atoms with Crippen molar-refractivity contribution in [2.75, 3.05) is 6.61 Å². The average molecular weight is 342 g/mol. The second-order valence-corrected chi connectivity index (χ2v) is 5.08. The number of carboxylic acids is 1. The van der Waals surface area contributed by atoms with Crippen LogP contribution < -0.4 is 0 Å². The van der Waals surface area contributed by atoms with Gasteiger partial charge in [0.2, 0.25) is 0 Å². The first kappa shape index (κ1) is 21.4. The zero-order valence-electron chi connectivity index (χ0n) is 13.8. The summed E-state index contributed by atoms with van der Waals surface area (Å²) in [6, 6.07) is 0. The molecule has 8 heteroatoms. The Hall–Kier alpha value is -2.64. The van der Waals surface area contributed by atoms with Gasteiger partial charge in [-0.25, -0.2) is 9.59 Å². The summed E-state index contributed by atoms with van der Waals surface area (Å²) in [6.07, 6.45) is -0.775. The molecule has 0 amide bonds. The van der Waals surface area contributed by atoms with Crippen LogP contribution in [0.15, 0.2) is 24.3 Å². The van der Waals surface area contributed by atoms with E-state index < -0.39 is 36.8 Å². The molecule has 0 radical (unpaired) electrons. The van der Waals surface area contributed by atoms with E-state index in [1.165, 1.54) is 13.8 Å². The van der Waals surface area contributed by atoms with Crippen LogP contribution in [0.25, 0.3) is 0 Å². The summed E-state index contributed by atoms with van der Waals surface area (Å²) in [6.45, 7) is 9.13. The fourth-order valence-electron chi connectivity index (χ4n) is 1.31. The predicted molar refractivity (Wildman–Crippen MR) is 82.7 cm³/mol. The van der Waals surface area contributed by atoms with Gasteiger partial charge in [0.05, 0.1) is 0 Å². The van der Waals surface area contributed by atoms with Gasteiger partial charge in [0.15, 0.2) is 6.61 Å². The van der Waals surface area contributed by atoms with E-state index >= 15 is 0 Å². The molecule has 0 spiro atoms. The van der Waals surface area contributed by atoms with Crippen molar-refractivity contribution in [3.8, 4) is 0 Å². The smallest absolute Gasteiger partial charge is 0.336 e. The summed E-state index contributed by atoms with van der Waals surface area (Å²) in [5.74, 6) is -3.16. The number of ether oxygens (including phenoxy) is 3. The molecule has 0 unspecified atom stereocenters. The third-order valence-electron chi connectivity index (χ3n) is 2.58. The lowest BCUT2D eigenvalue weighted by molar-refractivity contribution is -0.194. The molecule has 24 heavy (non-hydrogen) atoms. The molecule has 0 atom stereocenters. The summed E-state index contributed by atoms with van der Waals surface area (Å²) in [5.41, 5.74) is 0.178. The van der Waals surface area contributed by atoms with Crippen LogP contribution in [0.4, 0.5) is 0 Å². The van der Waals surface area contributed by atoms with Crippen molar-refractivity contribution in [1.82, 2.24) is 0 Å². The van der Waals surface area contributed by atoms with E-state index in [2.05, 4.69) is 13.2 Å². The number of unbranched alkanes of at least 4 members (excludes halogenated alkanes) is 1. The van der Waals surface area contributed by atoms with Crippen LogP contribution in [0.5, 0.6) is 0 Å². The molecule has 0 rings (SSSR count). The number of rotatable bonds is 11. The Balaban J connectivity index is 4.42. The Labute approximate surface area is 140 Å². The van der Waals surface area contributed by atoms with Crippen molar-refractivity contribution < 1.29 is 38.5 Å². The minimum atomic E-state index is -1.42. The lowest BCUT2D eigenvalue weighted by Crippen LogP contribution is -2.30. The van der Waals surface area contributed by atoms with E-state index in [0.717, 1.165) is 0 Å². The van der Waals surface area contributed by atoms with Crippen LogP contribution in [0.2, 0.25) is 0 Å². The Kier molecular flexibility index (Phi) is 9.77. The van der Waals surface area contributed by atoms with Crippen molar-refractivity contribution in [2.24, 2.45) is 0 Å². The third kappa shape index (κ3) is 10.1. The van der Waals surface area contributed by atoms with Crippen LogP contribution in [-0.2, 0) is 33.4 Å². The highest BCUT2D eigenvalue weighted by Gasteiger charge is 2.21. The van der Waals surface area contributed by atoms with Crippen LogP contribution in [-0.4, -0.2) is 41.9 Å². The number of hydrogen-bond donors (Lipinski definition) is 1. The number of carboxylic acid groups (broad SMARTS) is 1. The van der Waals surface area contributed by atoms with Gasteiger partial charge < -0.3 is 19.3 Å². The Morgan fingerprint density at radius 2 is 1.38 bits per heavy atom. The highest BCUT2D eigenvalue weighted by molar-refractivity contribution is 5.88. The predicted octanol–water partition coefficient (Wildman–Crippen LogP) is 1.74. The highest BCUT2D eigenvalue weighted by Crippen LogP contribution is 2.07. The molecule has 0 heterocycles. The van der Waals surface area contributed by atoms with E-state index in [-0.39, 0.29) is 24.0 Å². The second kappa shape index (κ2) is 11.0. The Bertz CT molecular complexity index is 492. The maximum absolute atomic E-state index is 11.5.